The number of nitrogens with one attached hydrogen (secondary N) is 1. The van der Waals surface area contributed by atoms with Gasteiger partial charge in [0.2, 0.25) is 5.76 Å². The van der Waals surface area contributed by atoms with Gasteiger partial charge in [-0.2, -0.15) is 5.26 Å². The van der Waals surface area contributed by atoms with Crippen molar-refractivity contribution in [3.63, 3.8) is 0 Å². The second kappa shape index (κ2) is 6.55. The first-order valence-electron chi connectivity index (χ1n) is 6.35. The second-order valence-electron chi connectivity index (χ2n) is 4.39. The lowest BCUT2D eigenvalue weighted by molar-refractivity contribution is -0.0255. The van der Waals surface area contributed by atoms with Crippen LogP contribution in [0.4, 0.5) is 0 Å². The third kappa shape index (κ3) is 3.57. The van der Waals surface area contributed by atoms with Crippen molar-refractivity contribution >= 4 is 0 Å². The number of likely N-dealkylation sites (N-methyl/N-ethyl adjacent to an activating group) is 1. The molecule has 1 saturated heterocycles. The molecular weight excluding hydrogens is 230 g/mol. The molecular formula is C13H19N3O2. The zero-order valence-corrected chi connectivity index (χ0v) is 10.7. The van der Waals surface area contributed by atoms with E-state index in [0.717, 1.165) is 38.5 Å². The molecule has 2 rings (SSSR count). The van der Waals surface area contributed by atoms with Crippen LogP contribution in [0.5, 0.6) is 0 Å². The summed E-state index contributed by atoms with van der Waals surface area (Å²) in [6, 6.07) is 5.49. The summed E-state index contributed by atoms with van der Waals surface area (Å²) in [5, 5.41) is 11.9. The number of nitriles is 1. The van der Waals surface area contributed by atoms with Crippen molar-refractivity contribution in [3.05, 3.63) is 23.7 Å². The Bertz CT molecular complexity index is 411. The van der Waals surface area contributed by atoms with Crippen LogP contribution in [0.1, 0.15) is 18.4 Å². The maximum absolute atomic E-state index is 8.65. The van der Waals surface area contributed by atoms with E-state index in [4.69, 9.17) is 14.4 Å². The Morgan fingerprint density at radius 3 is 3.17 bits per heavy atom. The average molecular weight is 249 g/mol. The number of nitrogens with zero attached hydrogens (tertiary/aromatic N) is 2. The van der Waals surface area contributed by atoms with E-state index >= 15 is 0 Å². The van der Waals surface area contributed by atoms with Gasteiger partial charge in [-0.05, 0) is 18.7 Å². The molecule has 1 aliphatic rings. The first kappa shape index (κ1) is 13.1. The van der Waals surface area contributed by atoms with Gasteiger partial charge in [-0.3, -0.25) is 4.90 Å². The number of ether oxygens (including phenoxy) is 1. The lowest BCUT2D eigenvalue weighted by Gasteiger charge is -2.32. The highest BCUT2D eigenvalue weighted by Gasteiger charge is 2.18. The topological polar surface area (TPSA) is 61.4 Å². The number of furan rings is 1. The molecule has 1 aliphatic heterocycles. The molecule has 0 radical (unpaired) electrons. The van der Waals surface area contributed by atoms with Crippen molar-refractivity contribution in [3.8, 4) is 6.07 Å². The monoisotopic (exact) mass is 249 g/mol. The lowest BCUT2D eigenvalue weighted by atomic mass is 10.2. The van der Waals surface area contributed by atoms with Crippen molar-refractivity contribution in [2.75, 3.05) is 32.8 Å². The van der Waals surface area contributed by atoms with E-state index < -0.39 is 0 Å². The fraction of sp³-hybridized carbons (Fsp3) is 0.615. The van der Waals surface area contributed by atoms with Gasteiger partial charge in [0.15, 0.2) is 0 Å². The van der Waals surface area contributed by atoms with Crippen LogP contribution >= 0.6 is 0 Å². The van der Waals surface area contributed by atoms with Crippen molar-refractivity contribution in [2.45, 2.75) is 19.6 Å². The van der Waals surface area contributed by atoms with Crippen molar-refractivity contribution in [2.24, 2.45) is 0 Å². The van der Waals surface area contributed by atoms with Gasteiger partial charge in [0.25, 0.3) is 0 Å². The Morgan fingerprint density at radius 2 is 2.44 bits per heavy atom. The predicted molar refractivity (Wildman–Crippen MR) is 67.0 cm³/mol. The molecule has 1 fully saturated rings. The smallest absolute Gasteiger partial charge is 0.203 e. The molecule has 0 aliphatic carbocycles. The Kier molecular flexibility index (Phi) is 4.76. The molecule has 18 heavy (non-hydrogen) atoms. The van der Waals surface area contributed by atoms with Crippen molar-refractivity contribution in [1.29, 1.82) is 5.26 Å². The van der Waals surface area contributed by atoms with Crippen LogP contribution in [-0.4, -0.2) is 43.8 Å². The van der Waals surface area contributed by atoms with Crippen LogP contribution in [0.25, 0.3) is 0 Å². The molecule has 1 aromatic heterocycles. The first-order chi connectivity index (χ1) is 8.81. The molecule has 1 aromatic rings. The summed E-state index contributed by atoms with van der Waals surface area (Å²) in [6.07, 6.45) is 0.240. The number of morpholine rings is 1. The minimum Gasteiger partial charge on any atom is -0.449 e. The van der Waals surface area contributed by atoms with Gasteiger partial charge >= 0.3 is 0 Å². The van der Waals surface area contributed by atoms with E-state index in [1.54, 1.807) is 6.07 Å². The molecule has 0 bridgehead atoms. The molecule has 1 N–H and O–H groups in total. The first-order valence-corrected chi connectivity index (χ1v) is 6.35. The summed E-state index contributed by atoms with van der Waals surface area (Å²) in [7, 11) is 0. The highest BCUT2D eigenvalue weighted by Crippen LogP contribution is 2.07. The minimum absolute atomic E-state index is 0.240. The molecule has 98 valence electrons. The zero-order valence-electron chi connectivity index (χ0n) is 10.7. The van der Waals surface area contributed by atoms with E-state index in [1.807, 2.05) is 12.1 Å². The van der Waals surface area contributed by atoms with Gasteiger partial charge in [0.05, 0.1) is 19.3 Å². The molecule has 0 aromatic carbocycles. The molecule has 0 spiro atoms. The summed E-state index contributed by atoms with van der Waals surface area (Å²) < 4.78 is 11.0. The summed E-state index contributed by atoms with van der Waals surface area (Å²) in [4.78, 5) is 2.39. The molecule has 5 heteroatoms. The largest absolute Gasteiger partial charge is 0.449 e. The summed E-state index contributed by atoms with van der Waals surface area (Å²) in [5.74, 6) is 1.15. The maximum Gasteiger partial charge on any atom is 0.203 e. The summed E-state index contributed by atoms with van der Waals surface area (Å²) in [5.41, 5.74) is 0. The molecule has 2 heterocycles. The van der Waals surface area contributed by atoms with Crippen LogP contribution in [0.15, 0.2) is 16.5 Å². The van der Waals surface area contributed by atoms with E-state index in [-0.39, 0.29) is 6.10 Å². The van der Waals surface area contributed by atoms with Crippen LogP contribution in [0.2, 0.25) is 0 Å². The highest BCUT2D eigenvalue weighted by atomic mass is 16.5. The van der Waals surface area contributed by atoms with Crippen LogP contribution in [0.3, 0.4) is 0 Å². The second-order valence-corrected chi connectivity index (χ2v) is 4.39. The summed E-state index contributed by atoms with van der Waals surface area (Å²) in [6.45, 7) is 7.49. The average Bonchev–Trinajstić information content (AvgIpc) is 2.87. The van der Waals surface area contributed by atoms with Gasteiger partial charge in [0.1, 0.15) is 11.8 Å². The highest BCUT2D eigenvalue weighted by molar-refractivity contribution is 5.18. The van der Waals surface area contributed by atoms with Gasteiger partial charge in [0, 0.05) is 19.6 Å². The third-order valence-electron chi connectivity index (χ3n) is 3.11. The third-order valence-corrected chi connectivity index (χ3v) is 3.11. The molecule has 1 unspecified atom stereocenters. The Hall–Kier alpha value is -1.35. The van der Waals surface area contributed by atoms with E-state index in [1.165, 1.54) is 0 Å². The lowest BCUT2D eigenvalue weighted by Crippen LogP contribution is -2.46. The minimum atomic E-state index is 0.240. The quantitative estimate of drug-likeness (QED) is 0.842. The molecule has 0 saturated carbocycles. The Balaban J connectivity index is 1.70. The van der Waals surface area contributed by atoms with Gasteiger partial charge in [-0.1, -0.05) is 6.92 Å². The van der Waals surface area contributed by atoms with Crippen molar-refractivity contribution in [1.82, 2.24) is 10.2 Å². The summed E-state index contributed by atoms with van der Waals surface area (Å²) >= 11 is 0. The SMILES string of the molecule is CCN1CCOC(CNCc2ccc(C#N)o2)C1. The Morgan fingerprint density at radius 1 is 1.56 bits per heavy atom. The van der Waals surface area contributed by atoms with Crippen LogP contribution in [-0.2, 0) is 11.3 Å². The fourth-order valence-corrected chi connectivity index (χ4v) is 2.08. The van der Waals surface area contributed by atoms with Gasteiger partial charge < -0.3 is 14.5 Å². The van der Waals surface area contributed by atoms with Gasteiger partial charge in [-0.15, -0.1) is 0 Å². The molecule has 5 nitrogen and oxygen atoms in total. The fourth-order valence-electron chi connectivity index (χ4n) is 2.08. The van der Waals surface area contributed by atoms with E-state index in [2.05, 4.69) is 17.1 Å². The number of rotatable bonds is 5. The Labute approximate surface area is 107 Å². The van der Waals surface area contributed by atoms with Gasteiger partial charge in [-0.25, -0.2) is 0 Å². The van der Waals surface area contributed by atoms with Crippen LogP contribution < -0.4 is 5.32 Å². The number of hydrogen-bond acceptors (Lipinski definition) is 5. The number of hydrogen-bond donors (Lipinski definition) is 1. The van der Waals surface area contributed by atoms with Crippen LogP contribution in [0, 0.1) is 11.3 Å². The predicted octanol–water partition coefficient (Wildman–Crippen LogP) is 0.962. The normalized spacial score (nSPS) is 20.8. The maximum atomic E-state index is 8.65. The molecule has 1 atom stereocenters. The van der Waals surface area contributed by atoms with E-state index in [0.29, 0.717) is 12.3 Å². The van der Waals surface area contributed by atoms with Crippen molar-refractivity contribution < 1.29 is 9.15 Å². The zero-order chi connectivity index (χ0) is 12.8. The standard InChI is InChI=1S/C13H19N3O2/c1-2-16-5-6-17-13(10-16)9-15-8-12-4-3-11(7-14)18-12/h3-4,13,15H,2,5-6,8-10H2,1H3. The molecule has 0 amide bonds. The van der Waals surface area contributed by atoms with E-state index in [9.17, 15) is 0 Å².